The lowest BCUT2D eigenvalue weighted by Gasteiger charge is -2.12. The van der Waals surface area contributed by atoms with E-state index in [1.165, 1.54) is 38.4 Å². The highest BCUT2D eigenvalue weighted by Crippen LogP contribution is 2.29. The van der Waals surface area contributed by atoms with Crippen LogP contribution >= 0.6 is 0 Å². The van der Waals surface area contributed by atoms with E-state index in [1.807, 2.05) is 0 Å². The van der Waals surface area contributed by atoms with Crippen LogP contribution in [0.5, 0.6) is 5.75 Å². The Bertz CT molecular complexity index is 1230. The van der Waals surface area contributed by atoms with Crippen LogP contribution in [0.2, 0.25) is 0 Å². The minimum atomic E-state index is -3.56. The molecule has 0 saturated heterocycles. The first kappa shape index (κ1) is 22.3. The Labute approximate surface area is 179 Å². The zero-order valence-electron chi connectivity index (χ0n) is 17.5. The standard InChI is InChI=1S/C21H22N2O7S/c1-13-17-11-15(28-4)7-10-18(17)30-20(13)21(25)29-12-19(24)22-14-5-8-16(9-6-14)31(26,27)23(2)3/h5-11H,12H2,1-4H3,(H,22,24). The molecule has 31 heavy (non-hydrogen) atoms. The molecule has 0 aliphatic carbocycles. The molecule has 9 nitrogen and oxygen atoms in total. The Morgan fingerprint density at radius 3 is 2.39 bits per heavy atom. The molecule has 1 aromatic heterocycles. The Kier molecular flexibility index (Phi) is 6.32. The van der Waals surface area contributed by atoms with Gasteiger partial charge in [0.15, 0.2) is 6.61 Å². The van der Waals surface area contributed by atoms with Gasteiger partial charge in [-0.15, -0.1) is 0 Å². The van der Waals surface area contributed by atoms with Crippen LogP contribution in [0.4, 0.5) is 5.69 Å². The van der Waals surface area contributed by atoms with Crippen molar-refractivity contribution in [1.29, 1.82) is 0 Å². The van der Waals surface area contributed by atoms with E-state index in [2.05, 4.69) is 5.32 Å². The predicted octanol–water partition coefficient (Wildman–Crippen LogP) is 2.80. The Balaban J connectivity index is 1.63. The highest BCUT2D eigenvalue weighted by atomic mass is 32.2. The third-order valence-electron chi connectivity index (χ3n) is 4.58. The summed E-state index contributed by atoms with van der Waals surface area (Å²) in [6.07, 6.45) is 0. The average molecular weight is 446 g/mol. The zero-order valence-corrected chi connectivity index (χ0v) is 18.3. The number of benzene rings is 2. The summed E-state index contributed by atoms with van der Waals surface area (Å²) in [7, 11) is 0.840. The first-order chi connectivity index (χ1) is 14.6. The number of nitrogens with one attached hydrogen (secondary N) is 1. The second-order valence-corrected chi connectivity index (χ2v) is 9.01. The number of aryl methyl sites for hydroxylation is 1. The van der Waals surface area contributed by atoms with Crippen molar-refractivity contribution in [1.82, 2.24) is 4.31 Å². The summed E-state index contributed by atoms with van der Waals surface area (Å²) >= 11 is 0. The zero-order chi connectivity index (χ0) is 22.8. The predicted molar refractivity (Wildman–Crippen MR) is 114 cm³/mol. The number of methoxy groups -OCH3 is 1. The average Bonchev–Trinajstić information content (AvgIpc) is 3.08. The summed E-state index contributed by atoms with van der Waals surface area (Å²) in [5, 5.41) is 3.25. The molecule has 10 heteroatoms. The van der Waals surface area contributed by atoms with Crippen LogP contribution in [-0.4, -0.2) is 52.4 Å². The summed E-state index contributed by atoms with van der Waals surface area (Å²) in [6, 6.07) is 10.8. The molecule has 0 bridgehead atoms. The largest absolute Gasteiger partial charge is 0.497 e. The minimum Gasteiger partial charge on any atom is -0.497 e. The maximum absolute atomic E-state index is 12.4. The SMILES string of the molecule is COc1ccc2oc(C(=O)OCC(=O)Nc3ccc(S(=O)(=O)N(C)C)cc3)c(C)c2c1. The van der Waals surface area contributed by atoms with Gasteiger partial charge in [0.25, 0.3) is 5.91 Å². The highest BCUT2D eigenvalue weighted by Gasteiger charge is 2.21. The van der Waals surface area contributed by atoms with E-state index in [9.17, 15) is 18.0 Å². The van der Waals surface area contributed by atoms with E-state index in [1.54, 1.807) is 32.2 Å². The number of nitrogens with zero attached hydrogens (tertiary/aromatic N) is 1. The normalized spacial score (nSPS) is 11.5. The molecule has 1 N–H and O–H groups in total. The van der Waals surface area contributed by atoms with Crippen molar-refractivity contribution in [2.24, 2.45) is 0 Å². The number of hydrogen-bond donors (Lipinski definition) is 1. The molecule has 3 aromatic rings. The van der Waals surface area contributed by atoms with Crippen LogP contribution < -0.4 is 10.1 Å². The summed E-state index contributed by atoms with van der Waals surface area (Å²) in [5.74, 6) is -0.711. The molecule has 1 heterocycles. The van der Waals surface area contributed by atoms with Crippen molar-refractivity contribution in [3.63, 3.8) is 0 Å². The molecular weight excluding hydrogens is 424 g/mol. The van der Waals surface area contributed by atoms with E-state index >= 15 is 0 Å². The van der Waals surface area contributed by atoms with Crippen LogP contribution in [-0.2, 0) is 19.6 Å². The first-order valence-electron chi connectivity index (χ1n) is 9.20. The lowest BCUT2D eigenvalue weighted by Crippen LogP contribution is -2.22. The molecule has 0 atom stereocenters. The number of ether oxygens (including phenoxy) is 2. The quantitative estimate of drug-likeness (QED) is 0.555. The van der Waals surface area contributed by atoms with Crippen molar-refractivity contribution in [3.05, 3.63) is 53.8 Å². The van der Waals surface area contributed by atoms with E-state index in [4.69, 9.17) is 13.9 Å². The van der Waals surface area contributed by atoms with E-state index in [0.29, 0.717) is 28.0 Å². The number of sulfonamides is 1. The fraction of sp³-hybridized carbons (Fsp3) is 0.238. The molecule has 0 radical (unpaired) electrons. The maximum Gasteiger partial charge on any atom is 0.375 e. The second-order valence-electron chi connectivity index (χ2n) is 6.85. The summed E-state index contributed by atoms with van der Waals surface area (Å²) in [5.41, 5.74) is 1.45. The van der Waals surface area contributed by atoms with Gasteiger partial charge in [0.05, 0.1) is 12.0 Å². The van der Waals surface area contributed by atoms with Gasteiger partial charge in [0.2, 0.25) is 15.8 Å². The number of anilines is 1. The number of fused-ring (bicyclic) bond motifs is 1. The van der Waals surface area contributed by atoms with Gasteiger partial charge < -0.3 is 19.2 Å². The molecule has 1 amide bonds. The molecule has 164 valence electrons. The smallest absolute Gasteiger partial charge is 0.375 e. The fourth-order valence-electron chi connectivity index (χ4n) is 2.84. The first-order valence-corrected chi connectivity index (χ1v) is 10.6. The topological polar surface area (TPSA) is 115 Å². The van der Waals surface area contributed by atoms with Gasteiger partial charge in [0, 0.05) is 30.7 Å². The molecule has 0 fully saturated rings. The number of amides is 1. The molecule has 3 rings (SSSR count). The third-order valence-corrected chi connectivity index (χ3v) is 6.41. The third kappa shape index (κ3) is 4.70. The van der Waals surface area contributed by atoms with E-state index in [-0.39, 0.29) is 10.7 Å². The molecular formula is C21H22N2O7S. The van der Waals surface area contributed by atoms with Gasteiger partial charge in [-0.05, 0) is 49.4 Å². The van der Waals surface area contributed by atoms with Gasteiger partial charge in [0.1, 0.15) is 11.3 Å². The van der Waals surface area contributed by atoms with Gasteiger partial charge in [-0.3, -0.25) is 4.79 Å². The molecule has 0 aliphatic rings. The van der Waals surface area contributed by atoms with Crippen molar-refractivity contribution in [2.75, 3.05) is 33.1 Å². The summed E-state index contributed by atoms with van der Waals surface area (Å²) in [4.78, 5) is 24.6. The molecule has 0 unspecified atom stereocenters. The number of rotatable bonds is 7. The summed E-state index contributed by atoms with van der Waals surface area (Å²) in [6.45, 7) is 1.18. The Hall–Kier alpha value is -3.37. The minimum absolute atomic E-state index is 0.00861. The summed E-state index contributed by atoms with van der Waals surface area (Å²) < 4.78 is 41.0. The number of hydrogen-bond acceptors (Lipinski definition) is 7. The monoisotopic (exact) mass is 446 g/mol. The van der Waals surface area contributed by atoms with E-state index in [0.717, 1.165) is 4.31 Å². The number of carbonyl (C=O) groups is 2. The highest BCUT2D eigenvalue weighted by molar-refractivity contribution is 7.89. The van der Waals surface area contributed by atoms with Crippen LogP contribution in [0.3, 0.4) is 0 Å². The van der Waals surface area contributed by atoms with Crippen molar-refractivity contribution >= 4 is 38.6 Å². The van der Waals surface area contributed by atoms with Gasteiger partial charge in [-0.2, -0.15) is 0 Å². The van der Waals surface area contributed by atoms with Gasteiger partial charge in [-0.25, -0.2) is 17.5 Å². The van der Waals surface area contributed by atoms with Crippen molar-refractivity contribution < 1.29 is 31.9 Å². The lowest BCUT2D eigenvalue weighted by molar-refractivity contribution is -0.119. The van der Waals surface area contributed by atoms with Gasteiger partial charge in [-0.1, -0.05) is 0 Å². The number of esters is 1. The second kappa shape index (κ2) is 8.78. The molecule has 2 aromatic carbocycles. The van der Waals surface area contributed by atoms with Crippen LogP contribution in [0.25, 0.3) is 11.0 Å². The number of furan rings is 1. The van der Waals surface area contributed by atoms with E-state index < -0.39 is 28.5 Å². The molecule has 0 saturated carbocycles. The molecule has 0 aliphatic heterocycles. The van der Waals surface area contributed by atoms with Crippen LogP contribution in [0.15, 0.2) is 51.8 Å². The molecule has 0 spiro atoms. The van der Waals surface area contributed by atoms with Crippen molar-refractivity contribution in [2.45, 2.75) is 11.8 Å². The van der Waals surface area contributed by atoms with Gasteiger partial charge >= 0.3 is 5.97 Å². The Morgan fingerprint density at radius 1 is 1.10 bits per heavy atom. The number of carbonyl (C=O) groups excluding carboxylic acids is 2. The maximum atomic E-state index is 12.4. The van der Waals surface area contributed by atoms with Crippen LogP contribution in [0, 0.1) is 6.92 Å². The lowest BCUT2D eigenvalue weighted by atomic mass is 10.1. The van der Waals surface area contributed by atoms with Crippen molar-refractivity contribution in [3.8, 4) is 5.75 Å². The van der Waals surface area contributed by atoms with Crippen LogP contribution in [0.1, 0.15) is 16.1 Å². The Morgan fingerprint density at radius 2 is 1.77 bits per heavy atom. The fourth-order valence-corrected chi connectivity index (χ4v) is 3.74.